The molecule has 0 saturated heterocycles. The van der Waals surface area contributed by atoms with E-state index in [0.717, 1.165) is 24.5 Å². The topological polar surface area (TPSA) is 45.2 Å². The quantitative estimate of drug-likeness (QED) is 0.743. The minimum atomic E-state index is 0.0373. The molecule has 0 atom stereocenters. The predicted octanol–water partition coefficient (Wildman–Crippen LogP) is 4.64. The van der Waals surface area contributed by atoms with Gasteiger partial charge in [-0.15, -0.1) is 0 Å². The van der Waals surface area contributed by atoms with Crippen molar-refractivity contribution in [1.29, 1.82) is 0 Å². The van der Waals surface area contributed by atoms with E-state index in [0.29, 0.717) is 12.1 Å². The van der Waals surface area contributed by atoms with E-state index >= 15 is 0 Å². The van der Waals surface area contributed by atoms with Gasteiger partial charge in [0.2, 0.25) is 0 Å². The van der Waals surface area contributed by atoms with E-state index < -0.39 is 0 Å². The number of aromatic nitrogens is 1. The molecule has 1 N–H and O–H groups in total. The maximum Gasteiger partial charge on any atom is 0.255 e. The van der Waals surface area contributed by atoms with Gasteiger partial charge in [-0.1, -0.05) is 36.4 Å². The van der Waals surface area contributed by atoms with E-state index in [4.69, 9.17) is 0 Å². The Bertz CT molecular complexity index is 979. The van der Waals surface area contributed by atoms with E-state index in [-0.39, 0.29) is 5.91 Å². The number of aryl methyl sites for hydroxylation is 1. The van der Waals surface area contributed by atoms with Gasteiger partial charge in [0.1, 0.15) is 5.82 Å². The Balaban J connectivity index is 1.47. The third kappa shape index (κ3) is 3.56. The molecule has 4 heteroatoms. The van der Waals surface area contributed by atoms with Crippen LogP contribution in [0.4, 0.5) is 11.5 Å². The number of anilines is 2. The summed E-state index contributed by atoms with van der Waals surface area (Å²) in [6.45, 7) is 5.59. The normalized spacial score (nSPS) is 13.2. The monoisotopic (exact) mass is 357 g/mol. The lowest BCUT2D eigenvalue weighted by Gasteiger charge is -2.28. The Kier molecular flexibility index (Phi) is 4.63. The summed E-state index contributed by atoms with van der Waals surface area (Å²) in [4.78, 5) is 19.2. The average molecular weight is 357 g/mol. The first-order valence-corrected chi connectivity index (χ1v) is 9.27. The van der Waals surface area contributed by atoms with Crippen LogP contribution in [0.15, 0.2) is 60.8 Å². The standard InChI is InChI=1S/C23H23N3O/c1-16-6-5-9-21(17(16)2)25-22-11-10-19(14-24-22)23(27)26-13-12-18-7-3-4-8-20(18)15-26/h3-11,14H,12-13,15H2,1-2H3,(H,24,25). The third-order valence-corrected chi connectivity index (χ3v) is 5.30. The van der Waals surface area contributed by atoms with Gasteiger partial charge in [0.25, 0.3) is 5.91 Å². The molecule has 27 heavy (non-hydrogen) atoms. The van der Waals surface area contributed by atoms with Crippen LogP contribution in [0.2, 0.25) is 0 Å². The highest BCUT2D eigenvalue weighted by Gasteiger charge is 2.21. The molecule has 0 bridgehead atoms. The first-order valence-electron chi connectivity index (χ1n) is 9.27. The molecular formula is C23H23N3O. The molecule has 1 amide bonds. The van der Waals surface area contributed by atoms with Crippen LogP contribution in [0.3, 0.4) is 0 Å². The zero-order chi connectivity index (χ0) is 18.8. The number of benzene rings is 2. The number of rotatable bonds is 3. The van der Waals surface area contributed by atoms with Crippen molar-refractivity contribution in [2.45, 2.75) is 26.8 Å². The van der Waals surface area contributed by atoms with Crippen molar-refractivity contribution >= 4 is 17.4 Å². The van der Waals surface area contributed by atoms with Crippen LogP contribution < -0.4 is 5.32 Å². The summed E-state index contributed by atoms with van der Waals surface area (Å²) in [5.74, 6) is 0.777. The minimum absolute atomic E-state index is 0.0373. The molecule has 4 nitrogen and oxygen atoms in total. The number of amides is 1. The highest BCUT2D eigenvalue weighted by atomic mass is 16.2. The van der Waals surface area contributed by atoms with Gasteiger partial charge in [-0.05, 0) is 60.7 Å². The summed E-state index contributed by atoms with van der Waals surface area (Å²) in [7, 11) is 0. The van der Waals surface area contributed by atoms with Gasteiger partial charge in [0.05, 0.1) is 5.56 Å². The van der Waals surface area contributed by atoms with E-state index in [1.165, 1.54) is 22.3 Å². The second-order valence-corrected chi connectivity index (χ2v) is 7.05. The summed E-state index contributed by atoms with van der Waals surface area (Å²) >= 11 is 0. The highest BCUT2D eigenvalue weighted by molar-refractivity contribution is 5.94. The fourth-order valence-corrected chi connectivity index (χ4v) is 3.47. The van der Waals surface area contributed by atoms with E-state index in [1.807, 2.05) is 35.2 Å². The van der Waals surface area contributed by atoms with Crippen LogP contribution in [-0.2, 0) is 13.0 Å². The number of carbonyl (C=O) groups is 1. The van der Waals surface area contributed by atoms with Crippen molar-refractivity contribution in [3.05, 3.63) is 88.6 Å². The van der Waals surface area contributed by atoms with Gasteiger partial charge < -0.3 is 10.2 Å². The number of nitrogens with zero attached hydrogens (tertiary/aromatic N) is 2. The molecule has 1 aromatic heterocycles. The van der Waals surface area contributed by atoms with Crippen LogP contribution >= 0.6 is 0 Å². The molecule has 0 unspecified atom stereocenters. The lowest BCUT2D eigenvalue weighted by Crippen LogP contribution is -2.35. The van der Waals surface area contributed by atoms with Gasteiger partial charge in [-0.3, -0.25) is 4.79 Å². The molecule has 1 aliphatic rings. The van der Waals surface area contributed by atoms with Crippen LogP contribution in [0.5, 0.6) is 0 Å². The third-order valence-electron chi connectivity index (χ3n) is 5.30. The summed E-state index contributed by atoms with van der Waals surface area (Å²) < 4.78 is 0. The van der Waals surface area contributed by atoms with Gasteiger partial charge in [-0.25, -0.2) is 4.98 Å². The van der Waals surface area contributed by atoms with Crippen LogP contribution in [-0.4, -0.2) is 22.3 Å². The number of pyridine rings is 1. The van der Waals surface area contributed by atoms with E-state index in [1.54, 1.807) is 6.20 Å². The second kappa shape index (κ2) is 7.23. The molecular weight excluding hydrogens is 334 g/mol. The second-order valence-electron chi connectivity index (χ2n) is 7.05. The number of hydrogen-bond acceptors (Lipinski definition) is 3. The summed E-state index contributed by atoms with van der Waals surface area (Å²) in [6, 6.07) is 18.2. The van der Waals surface area contributed by atoms with Gasteiger partial charge in [0.15, 0.2) is 0 Å². The maximum absolute atomic E-state index is 12.8. The Morgan fingerprint density at radius 2 is 1.81 bits per heavy atom. The van der Waals surface area contributed by atoms with E-state index in [2.05, 4.69) is 48.4 Å². The van der Waals surface area contributed by atoms with Crippen molar-refractivity contribution in [3.8, 4) is 0 Å². The van der Waals surface area contributed by atoms with Crippen molar-refractivity contribution in [3.63, 3.8) is 0 Å². The Morgan fingerprint density at radius 1 is 1.00 bits per heavy atom. The summed E-state index contributed by atoms with van der Waals surface area (Å²) in [5, 5.41) is 3.34. The maximum atomic E-state index is 12.8. The van der Waals surface area contributed by atoms with Crippen molar-refractivity contribution in [2.75, 3.05) is 11.9 Å². The van der Waals surface area contributed by atoms with Crippen molar-refractivity contribution in [1.82, 2.24) is 9.88 Å². The fourth-order valence-electron chi connectivity index (χ4n) is 3.47. The van der Waals surface area contributed by atoms with Crippen LogP contribution in [0, 0.1) is 13.8 Å². The molecule has 3 aromatic rings. The van der Waals surface area contributed by atoms with Gasteiger partial charge in [-0.2, -0.15) is 0 Å². The highest BCUT2D eigenvalue weighted by Crippen LogP contribution is 2.23. The van der Waals surface area contributed by atoms with Gasteiger partial charge >= 0.3 is 0 Å². The molecule has 4 rings (SSSR count). The molecule has 0 spiro atoms. The van der Waals surface area contributed by atoms with Crippen molar-refractivity contribution < 1.29 is 4.79 Å². The molecule has 2 aromatic carbocycles. The van der Waals surface area contributed by atoms with E-state index in [9.17, 15) is 4.79 Å². The van der Waals surface area contributed by atoms with Crippen LogP contribution in [0.1, 0.15) is 32.6 Å². The SMILES string of the molecule is Cc1cccc(Nc2ccc(C(=O)N3CCc4ccccc4C3)cn2)c1C. The van der Waals surface area contributed by atoms with Crippen LogP contribution in [0.25, 0.3) is 0 Å². The smallest absolute Gasteiger partial charge is 0.255 e. The zero-order valence-corrected chi connectivity index (χ0v) is 15.7. The molecule has 0 saturated carbocycles. The Morgan fingerprint density at radius 3 is 2.59 bits per heavy atom. The number of hydrogen-bond donors (Lipinski definition) is 1. The number of carbonyl (C=O) groups excluding carboxylic acids is 1. The fraction of sp³-hybridized carbons (Fsp3) is 0.217. The molecule has 0 radical (unpaired) electrons. The first-order chi connectivity index (χ1) is 13.1. The zero-order valence-electron chi connectivity index (χ0n) is 15.7. The minimum Gasteiger partial charge on any atom is -0.340 e. The first kappa shape index (κ1) is 17.3. The number of nitrogens with one attached hydrogen (secondary N) is 1. The average Bonchev–Trinajstić information content (AvgIpc) is 2.71. The largest absolute Gasteiger partial charge is 0.340 e. The molecule has 0 fully saturated rings. The lowest BCUT2D eigenvalue weighted by molar-refractivity contribution is 0.0734. The van der Waals surface area contributed by atoms with Gasteiger partial charge in [0, 0.05) is 25.0 Å². The summed E-state index contributed by atoms with van der Waals surface area (Å²) in [6.07, 6.45) is 2.57. The molecule has 2 heterocycles. The lowest BCUT2D eigenvalue weighted by atomic mass is 9.99. The molecule has 0 aliphatic carbocycles. The van der Waals surface area contributed by atoms with Crippen molar-refractivity contribution in [2.24, 2.45) is 0 Å². The number of fused-ring (bicyclic) bond motifs is 1. The predicted molar refractivity (Wildman–Crippen MR) is 108 cm³/mol. The molecule has 1 aliphatic heterocycles. The Hall–Kier alpha value is -3.14. The Labute approximate surface area is 159 Å². The molecule has 136 valence electrons. The summed E-state index contributed by atoms with van der Waals surface area (Å²) in [5.41, 5.74) is 6.67.